The summed E-state index contributed by atoms with van der Waals surface area (Å²) in [6.45, 7) is 6.01. The topological polar surface area (TPSA) is 29.6 Å². The molecule has 0 amide bonds. The van der Waals surface area contributed by atoms with Gasteiger partial charge in [0, 0.05) is 17.6 Å². The Kier molecular flexibility index (Phi) is 3.77. The van der Waals surface area contributed by atoms with Crippen LogP contribution >= 0.6 is 11.3 Å². The lowest BCUT2D eigenvalue weighted by molar-refractivity contribution is 0.860. The van der Waals surface area contributed by atoms with Gasteiger partial charge in [-0.2, -0.15) is 5.10 Å². The third-order valence-electron chi connectivity index (χ3n) is 2.58. The zero-order valence-corrected chi connectivity index (χ0v) is 12.0. The quantitative estimate of drug-likeness (QED) is 0.585. The number of thiazole rings is 1. The fourth-order valence-corrected chi connectivity index (χ4v) is 2.74. The first kappa shape index (κ1) is 12.8. The van der Waals surface area contributed by atoms with Crippen molar-refractivity contribution in [3.63, 3.8) is 0 Å². The molecule has 94 valence electrons. The Morgan fingerprint density at radius 2 is 1.83 bits per heavy atom. The van der Waals surface area contributed by atoms with Crippen LogP contribution in [0.4, 0.5) is 0 Å². The van der Waals surface area contributed by atoms with Crippen molar-refractivity contribution in [3.05, 3.63) is 40.0 Å². The van der Waals surface area contributed by atoms with Crippen molar-refractivity contribution in [2.75, 3.05) is 0 Å². The molecule has 0 radical (unpaired) electrons. The van der Waals surface area contributed by atoms with Gasteiger partial charge in [-0.3, -0.25) is 0 Å². The first-order chi connectivity index (χ1) is 8.59. The lowest BCUT2D eigenvalue weighted by Crippen LogP contribution is -2.10. The number of aromatic nitrogens is 1. The van der Waals surface area contributed by atoms with Gasteiger partial charge in [0.1, 0.15) is 0 Å². The minimum atomic E-state index is 0.924. The predicted octanol–water partition coefficient (Wildman–Crippen LogP) is 3.36. The summed E-state index contributed by atoms with van der Waals surface area (Å²) >= 11 is 1.67. The fourth-order valence-electron chi connectivity index (χ4n) is 1.81. The van der Waals surface area contributed by atoms with E-state index in [9.17, 15) is 0 Å². The maximum Gasteiger partial charge on any atom is 0.211 e. The Hall–Kier alpha value is -1.68. The zero-order chi connectivity index (χ0) is 13.1. The van der Waals surface area contributed by atoms with Gasteiger partial charge >= 0.3 is 0 Å². The first-order valence-corrected chi connectivity index (χ1v) is 6.68. The van der Waals surface area contributed by atoms with Crippen molar-refractivity contribution in [2.45, 2.75) is 20.8 Å². The van der Waals surface area contributed by atoms with E-state index in [1.165, 1.54) is 16.1 Å². The van der Waals surface area contributed by atoms with Crippen LogP contribution in [-0.4, -0.2) is 10.3 Å². The van der Waals surface area contributed by atoms with Crippen LogP contribution in [0.15, 0.2) is 40.5 Å². The van der Waals surface area contributed by atoms with Crippen molar-refractivity contribution < 1.29 is 0 Å². The van der Waals surface area contributed by atoms with Crippen molar-refractivity contribution in [1.82, 2.24) is 4.57 Å². The molecule has 0 aliphatic heterocycles. The third kappa shape index (κ3) is 2.59. The summed E-state index contributed by atoms with van der Waals surface area (Å²) in [5.41, 5.74) is 3.39. The van der Waals surface area contributed by atoms with Crippen LogP contribution in [0.3, 0.4) is 0 Å². The van der Waals surface area contributed by atoms with Crippen LogP contribution < -0.4 is 4.80 Å². The molecular formula is C14H17N3S. The van der Waals surface area contributed by atoms with Gasteiger partial charge in [0.2, 0.25) is 4.80 Å². The summed E-state index contributed by atoms with van der Waals surface area (Å²) in [4.78, 5) is 2.18. The zero-order valence-electron chi connectivity index (χ0n) is 11.1. The summed E-state index contributed by atoms with van der Waals surface area (Å²) in [5.74, 6) is 0. The maximum atomic E-state index is 4.28. The Morgan fingerprint density at radius 1 is 1.17 bits per heavy atom. The van der Waals surface area contributed by atoms with Gasteiger partial charge in [-0.05, 0) is 26.3 Å². The second-order valence-corrected chi connectivity index (χ2v) is 5.54. The Labute approximate surface area is 111 Å². The van der Waals surface area contributed by atoms with Crippen LogP contribution in [-0.2, 0) is 7.05 Å². The molecule has 0 N–H and O–H groups in total. The van der Waals surface area contributed by atoms with Gasteiger partial charge in [0.05, 0.1) is 5.69 Å². The summed E-state index contributed by atoms with van der Waals surface area (Å²) in [5, 5.41) is 8.42. The molecular weight excluding hydrogens is 242 g/mol. The molecule has 0 bridgehead atoms. The molecule has 0 saturated carbocycles. The molecule has 2 aromatic rings. The normalized spacial score (nSPS) is 11.7. The van der Waals surface area contributed by atoms with Gasteiger partial charge in [0.25, 0.3) is 0 Å². The average Bonchev–Trinajstić information content (AvgIpc) is 2.63. The molecule has 1 aromatic heterocycles. The number of hydrogen-bond acceptors (Lipinski definition) is 3. The summed E-state index contributed by atoms with van der Waals surface area (Å²) < 4.78 is 2.10. The van der Waals surface area contributed by atoms with E-state index in [0.29, 0.717) is 0 Å². The van der Waals surface area contributed by atoms with Crippen LogP contribution in [0.2, 0.25) is 0 Å². The van der Waals surface area contributed by atoms with E-state index in [-0.39, 0.29) is 0 Å². The Morgan fingerprint density at radius 3 is 2.44 bits per heavy atom. The van der Waals surface area contributed by atoms with Gasteiger partial charge in [-0.1, -0.05) is 41.7 Å². The number of nitrogens with zero attached hydrogens (tertiary/aromatic N) is 3. The monoisotopic (exact) mass is 259 g/mol. The van der Waals surface area contributed by atoms with Gasteiger partial charge < -0.3 is 4.57 Å². The second-order valence-electron chi connectivity index (χ2n) is 4.36. The highest BCUT2D eigenvalue weighted by atomic mass is 32.1. The van der Waals surface area contributed by atoms with E-state index in [1.807, 2.05) is 27.0 Å². The standard InChI is InChI=1S/C14H17N3S/c1-10(2)15-16-14-17(4)13(11(3)18-14)12-8-6-5-7-9-12/h5-9H,1-4H3. The minimum absolute atomic E-state index is 0.924. The van der Waals surface area contributed by atoms with Crippen LogP contribution in [0.5, 0.6) is 0 Å². The number of hydrogen-bond donors (Lipinski definition) is 0. The fraction of sp³-hybridized carbons (Fsp3) is 0.286. The van der Waals surface area contributed by atoms with Crippen LogP contribution in [0, 0.1) is 6.92 Å². The highest BCUT2D eigenvalue weighted by molar-refractivity contribution is 7.09. The lowest BCUT2D eigenvalue weighted by atomic mass is 10.1. The average molecular weight is 259 g/mol. The predicted molar refractivity (Wildman–Crippen MR) is 77.8 cm³/mol. The third-order valence-corrected chi connectivity index (χ3v) is 3.62. The summed E-state index contributed by atoms with van der Waals surface area (Å²) in [7, 11) is 2.03. The molecule has 2 rings (SSSR count). The highest BCUT2D eigenvalue weighted by Crippen LogP contribution is 2.23. The van der Waals surface area contributed by atoms with Gasteiger partial charge in [0.15, 0.2) is 0 Å². The SMILES string of the molecule is CC(C)=NN=c1sc(C)c(-c2ccccc2)n1C. The highest BCUT2D eigenvalue weighted by Gasteiger charge is 2.09. The molecule has 3 nitrogen and oxygen atoms in total. The smallest absolute Gasteiger partial charge is 0.211 e. The van der Waals surface area contributed by atoms with E-state index in [4.69, 9.17) is 0 Å². The van der Waals surface area contributed by atoms with E-state index in [2.05, 4.69) is 46.0 Å². The van der Waals surface area contributed by atoms with Crippen molar-refractivity contribution in [2.24, 2.45) is 17.3 Å². The molecule has 0 unspecified atom stereocenters. The first-order valence-electron chi connectivity index (χ1n) is 5.86. The molecule has 0 spiro atoms. The van der Waals surface area contributed by atoms with Gasteiger partial charge in [-0.25, -0.2) is 0 Å². The van der Waals surface area contributed by atoms with Crippen molar-refractivity contribution in [3.8, 4) is 11.3 Å². The molecule has 0 saturated heterocycles. The van der Waals surface area contributed by atoms with E-state index in [0.717, 1.165) is 10.5 Å². The molecule has 0 aliphatic rings. The molecule has 0 aliphatic carbocycles. The Bertz CT molecular complexity index is 629. The van der Waals surface area contributed by atoms with Gasteiger partial charge in [-0.15, -0.1) is 5.10 Å². The summed E-state index contributed by atoms with van der Waals surface area (Å²) in [6.07, 6.45) is 0. The maximum absolute atomic E-state index is 4.28. The minimum Gasteiger partial charge on any atom is -0.318 e. The molecule has 18 heavy (non-hydrogen) atoms. The molecule has 1 heterocycles. The van der Waals surface area contributed by atoms with Crippen LogP contribution in [0.25, 0.3) is 11.3 Å². The number of aryl methyl sites for hydroxylation is 1. The largest absolute Gasteiger partial charge is 0.318 e. The number of rotatable bonds is 2. The van der Waals surface area contributed by atoms with E-state index >= 15 is 0 Å². The number of benzene rings is 1. The summed E-state index contributed by atoms with van der Waals surface area (Å²) in [6, 6.07) is 10.4. The van der Waals surface area contributed by atoms with Crippen molar-refractivity contribution in [1.29, 1.82) is 0 Å². The molecule has 4 heteroatoms. The van der Waals surface area contributed by atoms with E-state index < -0.39 is 0 Å². The molecule has 0 atom stereocenters. The second kappa shape index (κ2) is 5.31. The van der Waals surface area contributed by atoms with Crippen LogP contribution in [0.1, 0.15) is 18.7 Å². The molecule has 0 fully saturated rings. The Balaban J connectivity index is 2.59. The molecule has 1 aromatic carbocycles. The lowest BCUT2D eigenvalue weighted by Gasteiger charge is -2.03. The van der Waals surface area contributed by atoms with E-state index in [1.54, 1.807) is 11.3 Å². The van der Waals surface area contributed by atoms with Crippen molar-refractivity contribution >= 4 is 17.0 Å².